The molecule has 2 aromatic heterocycles. The highest BCUT2D eigenvalue weighted by Gasteiger charge is 2.27. The van der Waals surface area contributed by atoms with Gasteiger partial charge in [-0.2, -0.15) is 4.98 Å². The van der Waals surface area contributed by atoms with Gasteiger partial charge in [0.2, 0.25) is 11.9 Å². The summed E-state index contributed by atoms with van der Waals surface area (Å²) < 4.78 is 28.5. The van der Waals surface area contributed by atoms with Gasteiger partial charge in [-0.1, -0.05) is 35.9 Å². The van der Waals surface area contributed by atoms with E-state index >= 15 is 0 Å². The molecule has 0 bridgehead atoms. The van der Waals surface area contributed by atoms with Gasteiger partial charge in [0.1, 0.15) is 0 Å². The number of aromatic nitrogens is 3. The van der Waals surface area contributed by atoms with Crippen molar-refractivity contribution in [2.45, 2.75) is 19.3 Å². The first-order valence-corrected chi connectivity index (χ1v) is 9.76. The number of carbonyl (C=O) groups excluding carboxylic acids is 1. The molecule has 2 heterocycles. The monoisotopic (exact) mass is 441 g/mol. The molecule has 0 aliphatic rings. The van der Waals surface area contributed by atoms with Gasteiger partial charge in [-0.3, -0.25) is 4.79 Å². The van der Waals surface area contributed by atoms with Gasteiger partial charge in [-0.25, -0.2) is 13.3 Å². The molecule has 9 heteroatoms. The van der Waals surface area contributed by atoms with E-state index in [-0.39, 0.29) is 28.9 Å². The highest BCUT2D eigenvalue weighted by molar-refractivity contribution is 6.31. The van der Waals surface area contributed by atoms with Crippen molar-refractivity contribution in [3.05, 3.63) is 76.9 Å². The maximum atomic E-state index is 13.4. The SMILES string of the molecule is CC(F)(F)c1ccc(NC(=O)Cc2ccc(-c3ccn4nc(N)nc4c3)cc2)cc1Cl. The number of nitrogen functional groups attached to an aromatic ring is 1. The Labute approximate surface area is 181 Å². The molecule has 4 aromatic rings. The van der Waals surface area contributed by atoms with Crippen LogP contribution in [0.1, 0.15) is 18.1 Å². The lowest BCUT2D eigenvalue weighted by Crippen LogP contribution is -2.15. The lowest BCUT2D eigenvalue weighted by Gasteiger charge is -2.14. The van der Waals surface area contributed by atoms with Gasteiger partial charge in [0.15, 0.2) is 5.65 Å². The number of fused-ring (bicyclic) bond motifs is 1. The number of benzene rings is 2. The first kappa shape index (κ1) is 20.7. The summed E-state index contributed by atoms with van der Waals surface area (Å²) in [5.74, 6) is -3.12. The Morgan fingerprint density at radius 3 is 2.55 bits per heavy atom. The number of rotatable bonds is 5. The van der Waals surface area contributed by atoms with Gasteiger partial charge in [-0.15, -0.1) is 5.10 Å². The summed E-state index contributed by atoms with van der Waals surface area (Å²) in [5, 5.41) is 6.63. The smallest absolute Gasteiger partial charge is 0.271 e. The Morgan fingerprint density at radius 1 is 1.13 bits per heavy atom. The van der Waals surface area contributed by atoms with Crippen LogP contribution in [0, 0.1) is 0 Å². The van der Waals surface area contributed by atoms with Gasteiger partial charge < -0.3 is 11.1 Å². The minimum absolute atomic E-state index is 0.0962. The number of nitrogens with zero attached hydrogens (tertiary/aromatic N) is 3. The molecule has 0 aliphatic heterocycles. The fourth-order valence-corrected chi connectivity index (χ4v) is 3.58. The van der Waals surface area contributed by atoms with Crippen LogP contribution in [-0.2, 0) is 17.1 Å². The third-order valence-corrected chi connectivity index (χ3v) is 5.04. The van der Waals surface area contributed by atoms with Crippen LogP contribution >= 0.6 is 11.6 Å². The molecule has 0 saturated heterocycles. The van der Waals surface area contributed by atoms with Crippen molar-refractivity contribution >= 4 is 34.8 Å². The first-order chi connectivity index (χ1) is 14.7. The Balaban J connectivity index is 1.43. The predicted molar refractivity (Wildman–Crippen MR) is 116 cm³/mol. The third kappa shape index (κ3) is 4.64. The van der Waals surface area contributed by atoms with Crippen molar-refractivity contribution in [2.75, 3.05) is 11.1 Å². The molecule has 1 amide bonds. The van der Waals surface area contributed by atoms with E-state index in [1.54, 1.807) is 10.7 Å². The van der Waals surface area contributed by atoms with Gasteiger partial charge in [-0.05, 0) is 47.0 Å². The van der Waals surface area contributed by atoms with E-state index in [0.717, 1.165) is 23.6 Å². The van der Waals surface area contributed by atoms with Gasteiger partial charge >= 0.3 is 0 Å². The van der Waals surface area contributed by atoms with Crippen molar-refractivity contribution in [2.24, 2.45) is 0 Å². The fraction of sp³-hybridized carbons (Fsp3) is 0.136. The molecular weight excluding hydrogens is 424 g/mol. The van der Waals surface area contributed by atoms with E-state index in [1.165, 1.54) is 18.2 Å². The Hall–Kier alpha value is -3.52. The number of nitrogens with one attached hydrogen (secondary N) is 1. The van der Waals surface area contributed by atoms with Crippen molar-refractivity contribution in [1.82, 2.24) is 14.6 Å². The highest BCUT2D eigenvalue weighted by atomic mass is 35.5. The van der Waals surface area contributed by atoms with Crippen LogP contribution in [0.15, 0.2) is 60.8 Å². The molecule has 0 spiro atoms. The third-order valence-electron chi connectivity index (χ3n) is 4.73. The van der Waals surface area contributed by atoms with Crippen LogP contribution in [0.25, 0.3) is 16.8 Å². The van der Waals surface area contributed by atoms with Crippen LogP contribution in [-0.4, -0.2) is 20.5 Å². The number of hydrogen-bond donors (Lipinski definition) is 2. The van der Waals surface area contributed by atoms with Crippen molar-refractivity contribution in [3.63, 3.8) is 0 Å². The van der Waals surface area contributed by atoms with E-state index in [9.17, 15) is 13.6 Å². The highest BCUT2D eigenvalue weighted by Crippen LogP contribution is 2.34. The van der Waals surface area contributed by atoms with Crippen molar-refractivity contribution in [1.29, 1.82) is 0 Å². The number of pyridine rings is 1. The average molecular weight is 442 g/mol. The van der Waals surface area contributed by atoms with Crippen LogP contribution < -0.4 is 11.1 Å². The fourth-order valence-electron chi connectivity index (χ4n) is 3.23. The van der Waals surface area contributed by atoms with Gasteiger partial charge in [0.25, 0.3) is 5.92 Å². The lowest BCUT2D eigenvalue weighted by atomic mass is 10.0. The number of amides is 1. The van der Waals surface area contributed by atoms with E-state index in [0.29, 0.717) is 11.3 Å². The second-order valence-electron chi connectivity index (χ2n) is 7.19. The summed E-state index contributed by atoms with van der Waals surface area (Å²) >= 11 is 5.92. The molecule has 0 radical (unpaired) electrons. The molecule has 6 nitrogen and oxygen atoms in total. The number of anilines is 2. The molecule has 0 saturated carbocycles. The van der Waals surface area contributed by atoms with Gasteiger partial charge in [0.05, 0.1) is 11.4 Å². The molecule has 158 valence electrons. The molecule has 0 aliphatic carbocycles. The molecule has 3 N–H and O–H groups in total. The lowest BCUT2D eigenvalue weighted by molar-refractivity contribution is -0.115. The summed E-state index contributed by atoms with van der Waals surface area (Å²) in [4.78, 5) is 16.5. The summed E-state index contributed by atoms with van der Waals surface area (Å²) in [6.07, 6.45) is 1.91. The number of nitrogens with two attached hydrogens (primary N) is 1. The Morgan fingerprint density at radius 2 is 1.87 bits per heavy atom. The second kappa shape index (κ2) is 7.96. The molecule has 0 fully saturated rings. The number of halogens is 3. The molecule has 2 aromatic carbocycles. The maximum Gasteiger partial charge on any atom is 0.271 e. The molecule has 0 atom stereocenters. The van der Waals surface area contributed by atoms with E-state index in [2.05, 4.69) is 15.4 Å². The van der Waals surface area contributed by atoms with Crippen LogP contribution in [0.4, 0.5) is 20.4 Å². The van der Waals surface area contributed by atoms with Crippen molar-refractivity contribution < 1.29 is 13.6 Å². The summed E-state index contributed by atoms with van der Waals surface area (Å²) in [6, 6.07) is 15.2. The minimum atomic E-state index is -3.05. The minimum Gasteiger partial charge on any atom is -0.366 e. The van der Waals surface area contributed by atoms with E-state index in [4.69, 9.17) is 17.3 Å². The van der Waals surface area contributed by atoms with Crippen molar-refractivity contribution in [3.8, 4) is 11.1 Å². The van der Waals surface area contributed by atoms with E-state index in [1.807, 2.05) is 36.4 Å². The number of hydrogen-bond acceptors (Lipinski definition) is 4. The normalized spacial score (nSPS) is 11.6. The van der Waals surface area contributed by atoms with Crippen LogP contribution in [0.5, 0.6) is 0 Å². The number of alkyl halides is 2. The standard InChI is InChI=1S/C22H18ClF2N5O/c1-22(24,25)17-7-6-16(12-18(17)23)27-20(31)10-13-2-4-14(5-3-13)15-8-9-30-19(11-15)28-21(26)29-30/h2-9,11-12H,10H2,1H3,(H2,26,29)(H,27,31). The van der Waals surface area contributed by atoms with Gasteiger partial charge in [0, 0.05) is 24.4 Å². The first-order valence-electron chi connectivity index (χ1n) is 9.38. The quantitative estimate of drug-likeness (QED) is 0.460. The summed E-state index contributed by atoms with van der Waals surface area (Å²) in [7, 11) is 0. The summed E-state index contributed by atoms with van der Waals surface area (Å²) in [6.45, 7) is 0.774. The Bertz CT molecular complexity index is 1270. The largest absolute Gasteiger partial charge is 0.366 e. The zero-order chi connectivity index (χ0) is 22.2. The zero-order valence-electron chi connectivity index (χ0n) is 16.4. The molecular formula is C22H18ClF2N5O. The second-order valence-corrected chi connectivity index (χ2v) is 7.60. The van der Waals surface area contributed by atoms with Crippen LogP contribution in [0.3, 0.4) is 0 Å². The maximum absolute atomic E-state index is 13.4. The molecule has 4 rings (SSSR count). The topological polar surface area (TPSA) is 85.3 Å². The molecule has 0 unspecified atom stereocenters. The van der Waals surface area contributed by atoms with Crippen LogP contribution in [0.2, 0.25) is 5.02 Å². The summed E-state index contributed by atoms with van der Waals surface area (Å²) in [5.41, 5.74) is 9.04. The Kier molecular flexibility index (Phi) is 5.32. The average Bonchev–Trinajstić information content (AvgIpc) is 3.06. The molecule has 31 heavy (non-hydrogen) atoms. The van der Waals surface area contributed by atoms with E-state index < -0.39 is 5.92 Å². The number of carbonyl (C=O) groups is 1. The predicted octanol–water partition coefficient (Wildman–Crippen LogP) is 4.92. The zero-order valence-corrected chi connectivity index (χ0v) is 17.2.